The predicted octanol–water partition coefficient (Wildman–Crippen LogP) is 22.0. The van der Waals surface area contributed by atoms with E-state index in [1.807, 2.05) is 0 Å². The third-order valence-electron chi connectivity index (χ3n) is 12.6. The van der Waals surface area contributed by atoms with Crippen LogP contribution in [0.2, 0.25) is 0 Å². The van der Waals surface area contributed by atoms with E-state index in [2.05, 4.69) is 203 Å². The Labute approximate surface area is 491 Å². The van der Waals surface area contributed by atoms with Gasteiger partial charge in [0, 0.05) is 19.3 Å². The average molecular weight is 1100 g/mol. The zero-order chi connectivity index (χ0) is 57.8. The maximum atomic E-state index is 12.8. The van der Waals surface area contributed by atoms with Crippen molar-refractivity contribution >= 4 is 17.9 Å². The van der Waals surface area contributed by atoms with Crippen LogP contribution < -0.4 is 0 Å². The van der Waals surface area contributed by atoms with Crippen LogP contribution in [0.1, 0.15) is 245 Å². The van der Waals surface area contributed by atoms with Gasteiger partial charge in [-0.05, 0) is 148 Å². The van der Waals surface area contributed by atoms with Gasteiger partial charge in [-0.2, -0.15) is 0 Å². The quantitative estimate of drug-likeness (QED) is 0.0261. The van der Waals surface area contributed by atoms with Crippen LogP contribution in [0.3, 0.4) is 0 Å². The van der Waals surface area contributed by atoms with Crippen molar-refractivity contribution < 1.29 is 28.6 Å². The van der Waals surface area contributed by atoms with Crippen molar-refractivity contribution in [3.05, 3.63) is 182 Å². The third-order valence-corrected chi connectivity index (χ3v) is 12.6. The molecule has 6 heteroatoms. The van der Waals surface area contributed by atoms with Crippen LogP contribution >= 0.6 is 0 Å². The Morgan fingerprint density at radius 3 is 0.812 bits per heavy atom. The second kappa shape index (κ2) is 66.0. The van der Waals surface area contributed by atoms with Crippen molar-refractivity contribution in [2.75, 3.05) is 13.2 Å². The molecule has 0 saturated carbocycles. The van der Waals surface area contributed by atoms with E-state index >= 15 is 0 Å². The van der Waals surface area contributed by atoms with Crippen LogP contribution in [-0.4, -0.2) is 37.2 Å². The van der Waals surface area contributed by atoms with Crippen LogP contribution in [0.25, 0.3) is 0 Å². The van der Waals surface area contributed by atoms with Crippen molar-refractivity contribution in [3.63, 3.8) is 0 Å². The molecule has 0 aliphatic rings. The summed E-state index contributed by atoms with van der Waals surface area (Å²) < 4.78 is 16.8. The fraction of sp³-hybridized carbons (Fsp3) is 0.554. The van der Waals surface area contributed by atoms with Gasteiger partial charge in [0.2, 0.25) is 0 Å². The Hall–Kier alpha value is -5.49. The van der Waals surface area contributed by atoms with E-state index in [-0.39, 0.29) is 37.5 Å². The summed E-state index contributed by atoms with van der Waals surface area (Å²) in [6.45, 7) is 6.27. The standard InChI is InChI=1S/C74H114O6/c1-4-7-10-13-16-19-22-24-26-28-29-30-31-32-33-34-35-36-37-38-39-40-41-42-43-44-45-47-48-50-52-55-58-61-64-67-73(76)79-70-71(69-78-72(75)66-63-60-57-54-21-18-15-12-9-6-3)80-74(77)68-65-62-59-56-53-51-49-46-27-25-23-20-17-14-11-8-5-2/h7-8,10-12,15-17,19-20,24-27,29-30,32-33,35-36,38-39,41-42,44-45,49,51,56,59,71H,4-6,9,13-14,18,21-23,28,31,34,37,40,43,46-48,50,52-55,57-58,60-70H2,1-3H3/b10-7-,11-8-,15-12-,19-16-,20-17-,26-24-,27-25-,30-29-,33-32-,36-35-,39-38-,42-41-,45-44-,51-49-,59-56-. The highest BCUT2D eigenvalue weighted by Gasteiger charge is 2.19. The van der Waals surface area contributed by atoms with Crippen molar-refractivity contribution in [1.29, 1.82) is 0 Å². The average Bonchev–Trinajstić information content (AvgIpc) is 3.46. The lowest BCUT2D eigenvalue weighted by molar-refractivity contribution is -0.167. The Morgan fingerprint density at radius 2 is 0.500 bits per heavy atom. The number of allylic oxidation sites excluding steroid dienone is 30. The molecule has 0 fully saturated rings. The predicted molar refractivity (Wildman–Crippen MR) is 348 cm³/mol. The summed E-state index contributed by atoms with van der Waals surface area (Å²) in [6.07, 6.45) is 99.2. The van der Waals surface area contributed by atoms with Crippen LogP contribution in [0.4, 0.5) is 0 Å². The van der Waals surface area contributed by atoms with E-state index in [1.165, 1.54) is 32.1 Å². The van der Waals surface area contributed by atoms with Crippen LogP contribution in [0, 0.1) is 0 Å². The summed E-state index contributed by atoms with van der Waals surface area (Å²) in [5.74, 6) is -1.01. The lowest BCUT2D eigenvalue weighted by Gasteiger charge is -2.18. The second-order valence-electron chi connectivity index (χ2n) is 20.2. The molecule has 0 aromatic heterocycles. The zero-order valence-electron chi connectivity index (χ0n) is 51.0. The van der Waals surface area contributed by atoms with Crippen molar-refractivity contribution in [3.8, 4) is 0 Å². The smallest absolute Gasteiger partial charge is 0.306 e. The van der Waals surface area contributed by atoms with E-state index in [0.29, 0.717) is 19.3 Å². The van der Waals surface area contributed by atoms with Crippen molar-refractivity contribution in [2.45, 2.75) is 252 Å². The first kappa shape index (κ1) is 74.5. The third kappa shape index (κ3) is 63.3. The molecule has 0 aliphatic heterocycles. The molecule has 6 nitrogen and oxygen atoms in total. The molecule has 0 bridgehead atoms. The number of carbonyl (C=O) groups excluding carboxylic acids is 3. The van der Waals surface area contributed by atoms with Gasteiger partial charge in [0.25, 0.3) is 0 Å². The summed E-state index contributed by atoms with van der Waals surface area (Å²) in [7, 11) is 0. The Bertz CT molecular complexity index is 1890. The van der Waals surface area contributed by atoms with E-state index in [1.54, 1.807) is 0 Å². The number of rotatable bonds is 55. The summed E-state index contributed by atoms with van der Waals surface area (Å²) in [4.78, 5) is 38.1. The van der Waals surface area contributed by atoms with Crippen LogP contribution in [-0.2, 0) is 28.6 Å². The molecule has 80 heavy (non-hydrogen) atoms. The molecule has 0 aromatic carbocycles. The summed E-state index contributed by atoms with van der Waals surface area (Å²) >= 11 is 0. The van der Waals surface area contributed by atoms with Gasteiger partial charge in [-0.15, -0.1) is 0 Å². The van der Waals surface area contributed by atoms with E-state index in [0.717, 1.165) is 167 Å². The minimum absolute atomic E-state index is 0.116. The SMILES string of the molecule is CC/C=C\C/C=C\C/C=C\C/C=C\C/C=C\C/C=C\C/C=C\C/C=C\C/C=C\CCCCCCCCCC(=O)OCC(COC(=O)CCCCCCC/C=C\CCC)OC(=O)CCC/C=C\C/C=C\C/C=C\C/C=C\C/C=C\CC. The second-order valence-corrected chi connectivity index (χ2v) is 20.2. The summed E-state index contributed by atoms with van der Waals surface area (Å²) in [5.41, 5.74) is 0. The van der Waals surface area contributed by atoms with E-state index in [4.69, 9.17) is 14.2 Å². The van der Waals surface area contributed by atoms with Gasteiger partial charge in [-0.3, -0.25) is 14.4 Å². The maximum Gasteiger partial charge on any atom is 0.306 e. The number of carbonyl (C=O) groups is 3. The van der Waals surface area contributed by atoms with Crippen molar-refractivity contribution in [1.82, 2.24) is 0 Å². The fourth-order valence-corrected chi connectivity index (χ4v) is 7.94. The molecule has 0 heterocycles. The van der Waals surface area contributed by atoms with Crippen molar-refractivity contribution in [2.24, 2.45) is 0 Å². The monoisotopic (exact) mass is 1100 g/mol. The van der Waals surface area contributed by atoms with Gasteiger partial charge in [0.1, 0.15) is 13.2 Å². The fourth-order valence-electron chi connectivity index (χ4n) is 7.94. The minimum Gasteiger partial charge on any atom is -0.462 e. The molecule has 0 N–H and O–H groups in total. The largest absolute Gasteiger partial charge is 0.462 e. The molecule has 0 rings (SSSR count). The number of hydrogen-bond donors (Lipinski definition) is 0. The lowest BCUT2D eigenvalue weighted by Crippen LogP contribution is -2.30. The Kier molecular flexibility index (Phi) is 61.5. The molecule has 0 amide bonds. The van der Waals surface area contributed by atoms with Gasteiger partial charge in [0.15, 0.2) is 6.10 Å². The minimum atomic E-state index is -0.825. The molecule has 0 aromatic rings. The number of hydrogen-bond acceptors (Lipinski definition) is 6. The highest BCUT2D eigenvalue weighted by atomic mass is 16.6. The Balaban J connectivity index is 4.31. The first-order chi connectivity index (χ1) is 39.5. The Morgan fingerprint density at radius 1 is 0.263 bits per heavy atom. The van der Waals surface area contributed by atoms with Crippen LogP contribution in [0.5, 0.6) is 0 Å². The highest BCUT2D eigenvalue weighted by Crippen LogP contribution is 2.13. The highest BCUT2D eigenvalue weighted by molar-refractivity contribution is 5.71. The molecular formula is C74H114O6. The topological polar surface area (TPSA) is 78.9 Å². The number of unbranched alkanes of at least 4 members (excludes halogenated alkanes) is 14. The van der Waals surface area contributed by atoms with E-state index in [9.17, 15) is 14.4 Å². The first-order valence-corrected chi connectivity index (χ1v) is 31.8. The molecule has 0 spiro atoms. The first-order valence-electron chi connectivity index (χ1n) is 31.8. The molecule has 0 aliphatic carbocycles. The zero-order valence-corrected chi connectivity index (χ0v) is 51.0. The molecule has 1 unspecified atom stereocenters. The van der Waals surface area contributed by atoms with Gasteiger partial charge in [0.05, 0.1) is 0 Å². The molecule has 446 valence electrons. The molecule has 0 radical (unpaired) electrons. The summed E-state index contributed by atoms with van der Waals surface area (Å²) in [5, 5.41) is 0. The summed E-state index contributed by atoms with van der Waals surface area (Å²) in [6, 6.07) is 0. The molecular weight excluding hydrogens is 985 g/mol. The number of esters is 3. The van der Waals surface area contributed by atoms with Gasteiger partial charge in [-0.25, -0.2) is 0 Å². The molecule has 0 saturated heterocycles. The van der Waals surface area contributed by atoms with Gasteiger partial charge < -0.3 is 14.2 Å². The van der Waals surface area contributed by atoms with Crippen LogP contribution in [0.15, 0.2) is 182 Å². The lowest BCUT2D eigenvalue weighted by atomic mass is 10.1. The van der Waals surface area contributed by atoms with Gasteiger partial charge in [-0.1, -0.05) is 261 Å². The normalized spacial score (nSPS) is 13.4. The maximum absolute atomic E-state index is 12.8. The molecule has 1 atom stereocenters. The van der Waals surface area contributed by atoms with E-state index < -0.39 is 6.10 Å². The number of ether oxygens (including phenoxy) is 3. The van der Waals surface area contributed by atoms with Gasteiger partial charge >= 0.3 is 17.9 Å².